The maximum absolute atomic E-state index is 12.8. The minimum absolute atomic E-state index is 0.161. The van der Waals surface area contributed by atoms with Crippen LogP contribution in [0, 0.1) is 0 Å². The fraction of sp³-hybridized carbons (Fsp3) is 0.318. The van der Waals surface area contributed by atoms with Gasteiger partial charge in [0.25, 0.3) is 5.91 Å². The molecule has 7 nitrogen and oxygen atoms in total. The molecule has 3 rings (SSSR count). The van der Waals surface area contributed by atoms with Crippen molar-refractivity contribution in [2.24, 2.45) is 0 Å². The number of carbonyl (C=O) groups excluding carboxylic acids is 3. The molecule has 0 N–H and O–H groups in total. The number of ether oxygens (including phenoxy) is 2. The molecule has 0 aliphatic carbocycles. The summed E-state index contributed by atoms with van der Waals surface area (Å²) in [5, 5.41) is 0. The molecule has 1 heterocycles. The largest absolute Gasteiger partial charge is 0.491 e. The minimum atomic E-state index is -0.976. The van der Waals surface area contributed by atoms with Gasteiger partial charge >= 0.3 is 5.97 Å². The number of esters is 1. The molecule has 1 aliphatic rings. The van der Waals surface area contributed by atoms with E-state index in [1.807, 2.05) is 37.3 Å². The lowest BCUT2D eigenvalue weighted by molar-refractivity contribution is -0.152. The average molecular weight is 396 g/mol. The third kappa shape index (κ3) is 4.74. The van der Waals surface area contributed by atoms with Gasteiger partial charge in [-0.2, -0.15) is 0 Å². The highest BCUT2D eigenvalue weighted by molar-refractivity contribution is 6.01. The summed E-state index contributed by atoms with van der Waals surface area (Å²) in [5.74, 6) is -0.667. The molecule has 29 heavy (non-hydrogen) atoms. The number of anilines is 2. The topological polar surface area (TPSA) is 76.2 Å². The minimum Gasteiger partial charge on any atom is -0.491 e. The summed E-state index contributed by atoms with van der Waals surface area (Å²) in [6.07, 6.45) is -0.815. The highest BCUT2D eigenvalue weighted by Crippen LogP contribution is 2.30. The fourth-order valence-electron chi connectivity index (χ4n) is 3.20. The summed E-state index contributed by atoms with van der Waals surface area (Å²) < 4.78 is 10.9. The van der Waals surface area contributed by atoms with E-state index >= 15 is 0 Å². The van der Waals surface area contributed by atoms with Gasteiger partial charge in [-0.3, -0.25) is 19.3 Å². The Morgan fingerprint density at radius 2 is 1.83 bits per heavy atom. The van der Waals surface area contributed by atoms with Crippen LogP contribution in [-0.2, 0) is 19.1 Å². The van der Waals surface area contributed by atoms with Crippen LogP contribution in [0.15, 0.2) is 54.6 Å². The molecule has 2 aromatic carbocycles. The number of hydrogen-bond donors (Lipinski definition) is 0. The second-order valence-electron chi connectivity index (χ2n) is 6.60. The van der Waals surface area contributed by atoms with Crippen LogP contribution in [0.1, 0.15) is 20.3 Å². The lowest BCUT2D eigenvalue weighted by Crippen LogP contribution is -2.42. The molecule has 2 aromatic rings. The van der Waals surface area contributed by atoms with Crippen LogP contribution >= 0.6 is 0 Å². The SMILES string of the molecule is CCN(C(=O)[C@H](C)OC(=O)CN1C(=O)CCOc2ccccc21)c1ccccc1. The summed E-state index contributed by atoms with van der Waals surface area (Å²) in [5.41, 5.74) is 1.25. The molecular formula is C22H24N2O5. The van der Waals surface area contributed by atoms with Crippen LogP contribution in [0.3, 0.4) is 0 Å². The number of fused-ring (bicyclic) bond motifs is 1. The van der Waals surface area contributed by atoms with Crippen LogP contribution in [0.25, 0.3) is 0 Å². The van der Waals surface area contributed by atoms with E-state index in [-0.39, 0.29) is 31.4 Å². The van der Waals surface area contributed by atoms with Gasteiger partial charge in [0.1, 0.15) is 12.3 Å². The molecule has 1 atom stereocenters. The Labute approximate surface area is 169 Å². The van der Waals surface area contributed by atoms with Crippen molar-refractivity contribution in [1.29, 1.82) is 0 Å². The van der Waals surface area contributed by atoms with Crippen LogP contribution in [-0.4, -0.2) is 43.6 Å². The number of benzene rings is 2. The first-order valence-electron chi connectivity index (χ1n) is 9.59. The molecule has 0 spiro atoms. The molecule has 0 unspecified atom stereocenters. The first-order chi connectivity index (χ1) is 14.0. The van der Waals surface area contributed by atoms with Crippen LogP contribution in [0.5, 0.6) is 5.75 Å². The number of hydrogen-bond acceptors (Lipinski definition) is 5. The van der Waals surface area contributed by atoms with Crippen LogP contribution in [0.4, 0.5) is 11.4 Å². The molecule has 0 fully saturated rings. The van der Waals surface area contributed by atoms with E-state index in [4.69, 9.17) is 9.47 Å². The maximum atomic E-state index is 12.8. The Hall–Kier alpha value is -3.35. The number of nitrogens with zero attached hydrogens (tertiary/aromatic N) is 2. The van der Waals surface area contributed by atoms with Gasteiger partial charge in [0.05, 0.1) is 18.7 Å². The van der Waals surface area contributed by atoms with Crippen molar-refractivity contribution in [3.63, 3.8) is 0 Å². The first-order valence-corrected chi connectivity index (χ1v) is 9.59. The molecule has 0 saturated carbocycles. The predicted molar refractivity (Wildman–Crippen MR) is 109 cm³/mol. The summed E-state index contributed by atoms with van der Waals surface area (Å²) in [7, 11) is 0. The van der Waals surface area contributed by atoms with Gasteiger partial charge in [-0.15, -0.1) is 0 Å². The van der Waals surface area contributed by atoms with Crippen molar-refractivity contribution >= 4 is 29.2 Å². The Kier molecular flexibility index (Phi) is 6.49. The lowest BCUT2D eigenvalue weighted by Gasteiger charge is -2.25. The van der Waals surface area contributed by atoms with Crippen molar-refractivity contribution in [2.75, 3.05) is 29.5 Å². The highest BCUT2D eigenvalue weighted by atomic mass is 16.5. The molecule has 7 heteroatoms. The third-order valence-corrected chi connectivity index (χ3v) is 4.62. The normalized spacial score (nSPS) is 14.3. The van der Waals surface area contributed by atoms with E-state index < -0.39 is 12.1 Å². The van der Waals surface area contributed by atoms with E-state index in [1.54, 1.807) is 29.2 Å². The van der Waals surface area contributed by atoms with Gasteiger partial charge in [0, 0.05) is 12.2 Å². The number of rotatable bonds is 6. The third-order valence-electron chi connectivity index (χ3n) is 4.62. The van der Waals surface area contributed by atoms with Gasteiger partial charge in [0.2, 0.25) is 5.91 Å². The lowest BCUT2D eigenvalue weighted by atomic mass is 10.2. The second-order valence-corrected chi connectivity index (χ2v) is 6.60. The molecule has 0 saturated heterocycles. The molecule has 0 radical (unpaired) electrons. The Morgan fingerprint density at radius 1 is 1.14 bits per heavy atom. The second kappa shape index (κ2) is 9.23. The van der Waals surface area contributed by atoms with Gasteiger partial charge in [0.15, 0.2) is 6.10 Å². The number of amides is 2. The standard InChI is InChI=1S/C22H24N2O5/c1-3-23(17-9-5-4-6-10-17)22(27)16(2)29-21(26)15-24-18-11-7-8-12-19(18)28-14-13-20(24)25/h4-12,16H,3,13-15H2,1-2H3/t16-/m0/s1. The number of para-hydroxylation sites is 3. The number of likely N-dealkylation sites (N-methyl/N-ethyl adjacent to an activating group) is 1. The van der Waals surface area contributed by atoms with E-state index in [0.717, 1.165) is 5.69 Å². The molecule has 1 aliphatic heterocycles. The van der Waals surface area contributed by atoms with Crippen LogP contribution in [0.2, 0.25) is 0 Å². The Bertz CT molecular complexity index is 884. The molecule has 152 valence electrons. The van der Waals surface area contributed by atoms with Gasteiger partial charge < -0.3 is 14.4 Å². The fourth-order valence-corrected chi connectivity index (χ4v) is 3.20. The van der Waals surface area contributed by atoms with Gasteiger partial charge in [-0.1, -0.05) is 30.3 Å². The summed E-state index contributed by atoms with van der Waals surface area (Å²) in [6.45, 7) is 3.80. The van der Waals surface area contributed by atoms with Crippen molar-refractivity contribution in [2.45, 2.75) is 26.4 Å². The summed E-state index contributed by atoms with van der Waals surface area (Å²) in [4.78, 5) is 40.6. The zero-order chi connectivity index (χ0) is 20.8. The predicted octanol–water partition coefficient (Wildman–Crippen LogP) is 2.79. The molecule has 0 aromatic heterocycles. The maximum Gasteiger partial charge on any atom is 0.326 e. The van der Waals surface area contributed by atoms with Crippen molar-refractivity contribution in [3.8, 4) is 5.75 Å². The molecule has 2 amide bonds. The summed E-state index contributed by atoms with van der Waals surface area (Å²) in [6, 6.07) is 16.2. The quantitative estimate of drug-likeness (QED) is 0.702. The van der Waals surface area contributed by atoms with Crippen LogP contribution < -0.4 is 14.5 Å². The average Bonchev–Trinajstić information content (AvgIpc) is 2.88. The van der Waals surface area contributed by atoms with E-state index in [0.29, 0.717) is 18.0 Å². The van der Waals surface area contributed by atoms with Crippen molar-refractivity contribution in [3.05, 3.63) is 54.6 Å². The van der Waals surface area contributed by atoms with Gasteiger partial charge in [-0.05, 0) is 38.1 Å². The summed E-state index contributed by atoms with van der Waals surface area (Å²) >= 11 is 0. The monoisotopic (exact) mass is 396 g/mol. The molecular weight excluding hydrogens is 372 g/mol. The Morgan fingerprint density at radius 3 is 2.55 bits per heavy atom. The van der Waals surface area contributed by atoms with E-state index in [2.05, 4.69) is 0 Å². The Balaban J connectivity index is 1.68. The zero-order valence-electron chi connectivity index (χ0n) is 16.5. The first kappa shape index (κ1) is 20.4. The van der Waals surface area contributed by atoms with E-state index in [9.17, 15) is 14.4 Å². The zero-order valence-corrected chi connectivity index (χ0v) is 16.5. The molecule has 0 bridgehead atoms. The van der Waals surface area contributed by atoms with Crippen molar-refractivity contribution in [1.82, 2.24) is 0 Å². The smallest absolute Gasteiger partial charge is 0.326 e. The highest BCUT2D eigenvalue weighted by Gasteiger charge is 2.28. The van der Waals surface area contributed by atoms with Crippen molar-refractivity contribution < 1.29 is 23.9 Å². The number of carbonyl (C=O) groups is 3. The van der Waals surface area contributed by atoms with E-state index in [1.165, 1.54) is 11.8 Å². The van der Waals surface area contributed by atoms with Gasteiger partial charge in [-0.25, -0.2) is 0 Å².